The van der Waals surface area contributed by atoms with Crippen molar-refractivity contribution in [3.63, 3.8) is 0 Å². The van der Waals surface area contributed by atoms with Crippen molar-refractivity contribution >= 4 is 29.7 Å². The maximum atomic E-state index is 11.1. The molecule has 0 atom stereocenters. The van der Waals surface area contributed by atoms with Crippen molar-refractivity contribution < 1.29 is 4.79 Å². The van der Waals surface area contributed by atoms with Crippen LogP contribution in [0.3, 0.4) is 0 Å². The van der Waals surface area contributed by atoms with Gasteiger partial charge in [-0.1, -0.05) is 35.9 Å². The fraction of sp³-hybridized carbons (Fsp3) is 0.217. The second-order valence-corrected chi connectivity index (χ2v) is 7.17. The highest BCUT2D eigenvalue weighted by molar-refractivity contribution is 5.85. The summed E-state index contributed by atoms with van der Waals surface area (Å²) >= 11 is 0. The number of anilines is 2. The summed E-state index contributed by atoms with van der Waals surface area (Å²) in [5.41, 5.74) is 14.2. The molecule has 28 heavy (non-hydrogen) atoms. The fourth-order valence-electron chi connectivity index (χ4n) is 3.67. The molecule has 4 nitrogen and oxygen atoms in total. The fourth-order valence-corrected chi connectivity index (χ4v) is 3.67. The highest BCUT2D eigenvalue weighted by atomic mass is 35.5. The van der Waals surface area contributed by atoms with E-state index in [0.717, 1.165) is 47.5 Å². The Balaban J connectivity index is 0.00000225. The Labute approximate surface area is 171 Å². The average Bonchev–Trinajstić information content (AvgIpc) is 3.12. The summed E-state index contributed by atoms with van der Waals surface area (Å²) in [7, 11) is 0. The molecule has 1 amide bonds. The number of nitrogens with two attached hydrogens (primary N) is 1. The summed E-state index contributed by atoms with van der Waals surface area (Å²) in [5.74, 6) is -0.314. The molecule has 3 N–H and O–H groups in total. The van der Waals surface area contributed by atoms with Crippen molar-refractivity contribution in [2.75, 3.05) is 5.32 Å². The average molecular weight is 394 g/mol. The second kappa shape index (κ2) is 8.44. The molecule has 1 heterocycles. The monoisotopic (exact) mass is 393 g/mol. The van der Waals surface area contributed by atoms with Gasteiger partial charge in [-0.15, -0.1) is 12.4 Å². The van der Waals surface area contributed by atoms with Crippen LogP contribution < -0.4 is 11.1 Å². The van der Waals surface area contributed by atoms with Crippen LogP contribution in [0.4, 0.5) is 11.4 Å². The lowest BCUT2D eigenvalue weighted by Crippen LogP contribution is -2.13. The number of hydrogen-bond acceptors (Lipinski definition) is 3. The lowest BCUT2D eigenvalue weighted by molar-refractivity contribution is -0.117. The summed E-state index contributed by atoms with van der Waals surface area (Å²) in [4.78, 5) is 16.0. The molecule has 0 saturated heterocycles. The maximum Gasteiger partial charge on any atom is 0.221 e. The van der Waals surface area contributed by atoms with Crippen LogP contribution in [0.1, 0.15) is 28.8 Å². The summed E-state index contributed by atoms with van der Waals surface area (Å²) in [6, 6.07) is 18.5. The van der Waals surface area contributed by atoms with E-state index in [0.29, 0.717) is 0 Å². The van der Waals surface area contributed by atoms with Gasteiger partial charge in [0.15, 0.2) is 0 Å². The summed E-state index contributed by atoms with van der Waals surface area (Å²) < 4.78 is 0. The molecule has 0 unspecified atom stereocenters. The van der Waals surface area contributed by atoms with Gasteiger partial charge in [-0.05, 0) is 61.6 Å². The highest BCUT2D eigenvalue weighted by Gasteiger charge is 2.18. The minimum Gasteiger partial charge on any atom is -0.369 e. The van der Waals surface area contributed by atoms with Crippen LogP contribution in [0.15, 0.2) is 54.6 Å². The van der Waals surface area contributed by atoms with E-state index < -0.39 is 0 Å². The SMILES string of the molecule is Cc1cccc(-c2cc(Nc3ccc(CC(N)=O)cc3)c3c(n2)CCC3)c1.Cl. The Morgan fingerprint density at radius 2 is 1.89 bits per heavy atom. The van der Waals surface area contributed by atoms with Gasteiger partial charge in [0.05, 0.1) is 12.1 Å². The molecule has 0 bridgehead atoms. The first-order valence-corrected chi connectivity index (χ1v) is 9.32. The number of primary amides is 1. The summed E-state index contributed by atoms with van der Waals surface area (Å²) in [5, 5.41) is 3.55. The molecular weight excluding hydrogens is 370 g/mol. The first kappa shape index (κ1) is 19.9. The van der Waals surface area contributed by atoms with Gasteiger partial charge in [0.2, 0.25) is 5.91 Å². The first-order chi connectivity index (χ1) is 13.1. The number of carbonyl (C=O) groups is 1. The Hall–Kier alpha value is -2.85. The van der Waals surface area contributed by atoms with Crippen LogP contribution in [0.25, 0.3) is 11.3 Å². The molecule has 1 aromatic heterocycles. The third-order valence-electron chi connectivity index (χ3n) is 4.98. The van der Waals surface area contributed by atoms with E-state index in [1.165, 1.54) is 16.8 Å². The second-order valence-electron chi connectivity index (χ2n) is 7.17. The van der Waals surface area contributed by atoms with Gasteiger partial charge in [0.1, 0.15) is 0 Å². The number of nitrogens with zero attached hydrogens (tertiary/aromatic N) is 1. The normalized spacial score (nSPS) is 12.2. The molecule has 5 heteroatoms. The number of aryl methyl sites for hydroxylation is 2. The number of carbonyl (C=O) groups excluding carboxylic acids is 1. The number of benzene rings is 2. The van der Waals surface area contributed by atoms with E-state index in [2.05, 4.69) is 42.6 Å². The molecule has 1 aliphatic rings. The van der Waals surface area contributed by atoms with E-state index in [-0.39, 0.29) is 24.7 Å². The molecule has 0 spiro atoms. The van der Waals surface area contributed by atoms with Crippen molar-refractivity contribution in [2.45, 2.75) is 32.6 Å². The van der Waals surface area contributed by atoms with Gasteiger partial charge in [0, 0.05) is 22.6 Å². The number of fused-ring (bicyclic) bond motifs is 1. The number of halogens is 1. The molecule has 3 aromatic rings. The largest absolute Gasteiger partial charge is 0.369 e. The Morgan fingerprint density at radius 3 is 2.61 bits per heavy atom. The smallest absolute Gasteiger partial charge is 0.221 e. The van der Waals surface area contributed by atoms with Crippen LogP contribution in [0.5, 0.6) is 0 Å². The molecule has 0 aliphatic heterocycles. The number of rotatable bonds is 5. The Morgan fingerprint density at radius 1 is 1.11 bits per heavy atom. The summed E-state index contributed by atoms with van der Waals surface area (Å²) in [6.07, 6.45) is 3.49. The number of aromatic nitrogens is 1. The van der Waals surface area contributed by atoms with Crippen LogP contribution in [0, 0.1) is 6.92 Å². The molecule has 144 valence electrons. The van der Waals surface area contributed by atoms with E-state index in [1.807, 2.05) is 24.3 Å². The third kappa shape index (κ3) is 4.34. The van der Waals surface area contributed by atoms with Crippen LogP contribution in [-0.2, 0) is 24.1 Å². The van der Waals surface area contributed by atoms with Gasteiger partial charge in [-0.2, -0.15) is 0 Å². The lowest BCUT2D eigenvalue weighted by atomic mass is 10.0. The van der Waals surface area contributed by atoms with E-state index in [4.69, 9.17) is 10.7 Å². The molecule has 1 aliphatic carbocycles. The lowest BCUT2D eigenvalue weighted by Gasteiger charge is -2.14. The number of nitrogens with one attached hydrogen (secondary N) is 1. The van der Waals surface area contributed by atoms with Crippen molar-refractivity contribution in [3.8, 4) is 11.3 Å². The quantitative estimate of drug-likeness (QED) is 0.657. The van der Waals surface area contributed by atoms with Crippen molar-refractivity contribution in [1.82, 2.24) is 4.98 Å². The van der Waals surface area contributed by atoms with Crippen LogP contribution >= 0.6 is 12.4 Å². The number of hydrogen-bond donors (Lipinski definition) is 2. The van der Waals surface area contributed by atoms with Crippen LogP contribution in [0.2, 0.25) is 0 Å². The minimum atomic E-state index is -0.314. The maximum absolute atomic E-state index is 11.1. The molecular formula is C23H24ClN3O. The Bertz CT molecular complexity index is 999. The molecule has 0 fully saturated rings. The van der Waals surface area contributed by atoms with E-state index in [9.17, 15) is 4.79 Å². The zero-order valence-electron chi connectivity index (χ0n) is 15.9. The van der Waals surface area contributed by atoms with Gasteiger partial charge in [-0.3, -0.25) is 9.78 Å². The summed E-state index contributed by atoms with van der Waals surface area (Å²) in [6.45, 7) is 2.10. The topological polar surface area (TPSA) is 68.0 Å². The van der Waals surface area contributed by atoms with Crippen molar-refractivity contribution in [2.24, 2.45) is 5.73 Å². The molecule has 0 saturated carbocycles. The zero-order chi connectivity index (χ0) is 18.8. The van der Waals surface area contributed by atoms with Gasteiger partial charge in [-0.25, -0.2) is 0 Å². The number of pyridine rings is 1. The van der Waals surface area contributed by atoms with Gasteiger partial charge >= 0.3 is 0 Å². The Kier molecular flexibility index (Phi) is 6.00. The van der Waals surface area contributed by atoms with Crippen molar-refractivity contribution in [3.05, 3.63) is 77.0 Å². The minimum absolute atomic E-state index is 0. The standard InChI is InChI=1S/C23H23N3O.ClH/c1-15-4-2-5-17(12-15)21-14-22(19-6-3-7-20(19)26-21)25-18-10-8-16(9-11-18)13-23(24)27;/h2,4-5,8-12,14H,3,6-7,13H2,1H3,(H2,24,27)(H,25,26);1H. The van der Waals surface area contributed by atoms with Gasteiger partial charge in [0.25, 0.3) is 0 Å². The predicted octanol–water partition coefficient (Wildman–Crippen LogP) is 4.74. The van der Waals surface area contributed by atoms with E-state index in [1.54, 1.807) is 0 Å². The predicted molar refractivity (Wildman–Crippen MR) is 116 cm³/mol. The number of amides is 1. The van der Waals surface area contributed by atoms with Gasteiger partial charge < -0.3 is 11.1 Å². The first-order valence-electron chi connectivity index (χ1n) is 9.32. The van der Waals surface area contributed by atoms with Crippen LogP contribution in [-0.4, -0.2) is 10.9 Å². The molecule has 0 radical (unpaired) electrons. The van der Waals surface area contributed by atoms with E-state index >= 15 is 0 Å². The molecule has 4 rings (SSSR count). The third-order valence-corrected chi connectivity index (χ3v) is 4.98. The zero-order valence-corrected chi connectivity index (χ0v) is 16.7. The molecule has 2 aromatic carbocycles. The highest BCUT2D eigenvalue weighted by Crippen LogP contribution is 2.33. The van der Waals surface area contributed by atoms with Crippen molar-refractivity contribution in [1.29, 1.82) is 0 Å².